The molecule has 4 N–H and O–H groups in total. The van der Waals surface area contributed by atoms with Crippen LogP contribution in [0, 0.1) is 11.8 Å². The van der Waals surface area contributed by atoms with E-state index in [-0.39, 0.29) is 30.8 Å². The third kappa shape index (κ3) is 7.99. The van der Waals surface area contributed by atoms with E-state index in [1.165, 1.54) is 0 Å². The van der Waals surface area contributed by atoms with Crippen molar-refractivity contribution in [3.63, 3.8) is 0 Å². The van der Waals surface area contributed by atoms with Gasteiger partial charge in [-0.15, -0.1) is 0 Å². The van der Waals surface area contributed by atoms with E-state index in [0.29, 0.717) is 6.54 Å². The summed E-state index contributed by atoms with van der Waals surface area (Å²) in [5.41, 5.74) is 6.58. The molecule has 0 aliphatic carbocycles. The third-order valence-corrected chi connectivity index (χ3v) is 5.45. The number of ether oxygens (including phenoxy) is 2. The van der Waals surface area contributed by atoms with Crippen molar-refractivity contribution in [3.05, 3.63) is 11.6 Å². The minimum atomic E-state index is -0.821. The highest BCUT2D eigenvalue weighted by Gasteiger charge is 2.30. The Morgan fingerprint density at radius 2 is 2.07 bits per heavy atom. The number of aliphatic hydroxyl groups is 1. The molecule has 7 nitrogen and oxygen atoms in total. The molecule has 1 rings (SSSR count). The fourth-order valence-electron chi connectivity index (χ4n) is 3.28. The van der Waals surface area contributed by atoms with Gasteiger partial charge in [-0.3, -0.25) is 9.59 Å². The van der Waals surface area contributed by atoms with E-state index in [1.807, 2.05) is 19.9 Å². The molecule has 162 valence electrons. The summed E-state index contributed by atoms with van der Waals surface area (Å²) in [6.07, 6.45) is 1.79. The van der Waals surface area contributed by atoms with Gasteiger partial charge >= 0.3 is 5.97 Å². The molecule has 28 heavy (non-hydrogen) atoms. The summed E-state index contributed by atoms with van der Waals surface area (Å²) in [5, 5.41) is 13.3. The summed E-state index contributed by atoms with van der Waals surface area (Å²) in [6.45, 7) is 10.9. The normalized spacial score (nSPS) is 32.6. The van der Waals surface area contributed by atoms with E-state index in [2.05, 4.69) is 12.2 Å². The van der Waals surface area contributed by atoms with Gasteiger partial charge in [0.2, 0.25) is 0 Å². The number of hydrogen-bond acceptors (Lipinski definition) is 7. The molecule has 6 atom stereocenters. The van der Waals surface area contributed by atoms with Crippen LogP contribution in [0.2, 0.25) is 0 Å². The van der Waals surface area contributed by atoms with Crippen LogP contribution in [0.1, 0.15) is 53.9 Å². The van der Waals surface area contributed by atoms with E-state index < -0.39 is 30.1 Å². The highest BCUT2D eigenvalue weighted by molar-refractivity contribution is 5.97. The molecule has 1 aliphatic heterocycles. The molecule has 7 heteroatoms. The van der Waals surface area contributed by atoms with Gasteiger partial charge in [0.25, 0.3) is 0 Å². The van der Waals surface area contributed by atoms with Crippen LogP contribution >= 0.6 is 0 Å². The maximum Gasteiger partial charge on any atom is 0.313 e. The largest absolute Gasteiger partial charge is 0.462 e. The Kier molecular flexibility index (Phi) is 10.9. The fraction of sp³-hybridized carbons (Fsp3) is 0.810. The Labute approximate surface area is 169 Å². The highest BCUT2D eigenvalue weighted by atomic mass is 16.5. The van der Waals surface area contributed by atoms with Gasteiger partial charge in [0.1, 0.15) is 18.3 Å². The quantitative estimate of drug-likeness (QED) is 0.366. The molecule has 1 heterocycles. The van der Waals surface area contributed by atoms with Gasteiger partial charge in [-0.1, -0.05) is 26.8 Å². The van der Waals surface area contributed by atoms with Gasteiger partial charge < -0.3 is 25.6 Å². The van der Waals surface area contributed by atoms with Crippen LogP contribution in [-0.2, 0) is 19.1 Å². The van der Waals surface area contributed by atoms with Crippen molar-refractivity contribution in [2.24, 2.45) is 17.6 Å². The molecule has 0 aromatic heterocycles. The van der Waals surface area contributed by atoms with Crippen LogP contribution in [0.25, 0.3) is 0 Å². The van der Waals surface area contributed by atoms with Crippen molar-refractivity contribution in [1.29, 1.82) is 0 Å². The number of hydrogen-bond donors (Lipinski definition) is 3. The average molecular weight is 399 g/mol. The number of rotatable bonds is 5. The Hall–Kier alpha value is -1.28. The minimum absolute atomic E-state index is 0.0262. The zero-order valence-corrected chi connectivity index (χ0v) is 17.9. The summed E-state index contributed by atoms with van der Waals surface area (Å²) in [5.74, 6) is -1.04. The number of ketones is 1. The number of esters is 1. The summed E-state index contributed by atoms with van der Waals surface area (Å²) in [6, 6.07) is -0.432. The smallest absolute Gasteiger partial charge is 0.313 e. The fourth-order valence-corrected chi connectivity index (χ4v) is 3.28. The standard InChI is InChI=1S/C21H38N2O5/c1-6-19-13(2)7-9-23-10-8-14(3)21(27-12-18(25)16(5)22)15(4)17(24)11-20(26)28-19/h8,13,15-16,18-19,21,23,25H,6-7,9-12,22H2,1-5H3/b14-8+/t13-,15+,16?,18?,19-,21+/m1/s1. The summed E-state index contributed by atoms with van der Waals surface area (Å²) >= 11 is 0. The summed E-state index contributed by atoms with van der Waals surface area (Å²) < 4.78 is 11.4. The van der Waals surface area contributed by atoms with Crippen molar-refractivity contribution in [3.8, 4) is 0 Å². The zero-order chi connectivity index (χ0) is 21.3. The number of carbonyl (C=O) groups excluding carboxylic acids is 2. The van der Waals surface area contributed by atoms with Crippen molar-refractivity contribution in [1.82, 2.24) is 5.32 Å². The molecule has 2 unspecified atom stereocenters. The predicted octanol–water partition coefficient (Wildman–Crippen LogP) is 1.57. The summed E-state index contributed by atoms with van der Waals surface area (Å²) in [7, 11) is 0. The second kappa shape index (κ2) is 12.3. The maximum atomic E-state index is 12.7. The first-order valence-corrected chi connectivity index (χ1v) is 10.3. The summed E-state index contributed by atoms with van der Waals surface area (Å²) in [4.78, 5) is 25.0. The molecular formula is C21H38N2O5. The first-order chi connectivity index (χ1) is 13.2. The van der Waals surface area contributed by atoms with Crippen molar-refractivity contribution in [2.75, 3.05) is 19.7 Å². The predicted molar refractivity (Wildman–Crippen MR) is 109 cm³/mol. The monoisotopic (exact) mass is 398 g/mol. The van der Waals surface area contributed by atoms with Gasteiger partial charge in [-0.05, 0) is 44.7 Å². The molecule has 0 spiro atoms. The van der Waals surface area contributed by atoms with Crippen LogP contribution in [0.15, 0.2) is 11.6 Å². The van der Waals surface area contributed by atoms with Gasteiger partial charge in [-0.2, -0.15) is 0 Å². The van der Waals surface area contributed by atoms with Crippen LogP contribution in [0.4, 0.5) is 0 Å². The first-order valence-electron chi connectivity index (χ1n) is 10.3. The average Bonchev–Trinajstić information content (AvgIpc) is 2.64. The van der Waals surface area contributed by atoms with Crippen LogP contribution < -0.4 is 11.1 Å². The van der Waals surface area contributed by atoms with Crippen LogP contribution in [0.5, 0.6) is 0 Å². The lowest BCUT2D eigenvalue weighted by Gasteiger charge is -2.28. The lowest BCUT2D eigenvalue weighted by molar-refractivity contribution is -0.154. The van der Waals surface area contributed by atoms with Crippen molar-refractivity contribution in [2.45, 2.75) is 78.2 Å². The molecule has 1 aliphatic rings. The second-order valence-corrected chi connectivity index (χ2v) is 7.97. The number of Topliss-reactive ketones (excluding diaryl/α,β-unsaturated/α-hetero) is 1. The van der Waals surface area contributed by atoms with Crippen molar-refractivity contribution >= 4 is 11.8 Å². The maximum absolute atomic E-state index is 12.7. The SMILES string of the molecule is CC[C@H]1OC(=O)CC(=O)[C@H](C)[C@@H](OCC(O)C(C)N)/C(C)=C/CNCC[C@H]1C. The van der Waals surface area contributed by atoms with Crippen molar-refractivity contribution < 1.29 is 24.2 Å². The van der Waals surface area contributed by atoms with Gasteiger partial charge in [-0.25, -0.2) is 0 Å². The number of aliphatic hydroxyl groups excluding tert-OH is 1. The Morgan fingerprint density at radius 3 is 2.68 bits per heavy atom. The van der Waals surface area contributed by atoms with E-state index in [9.17, 15) is 14.7 Å². The van der Waals surface area contributed by atoms with E-state index in [1.54, 1.807) is 13.8 Å². The molecule has 0 amide bonds. The molecule has 0 saturated heterocycles. The zero-order valence-electron chi connectivity index (χ0n) is 17.9. The number of carbonyl (C=O) groups is 2. The van der Waals surface area contributed by atoms with E-state index in [4.69, 9.17) is 15.2 Å². The van der Waals surface area contributed by atoms with E-state index in [0.717, 1.165) is 25.0 Å². The molecular weight excluding hydrogens is 360 g/mol. The third-order valence-electron chi connectivity index (χ3n) is 5.45. The molecule has 0 bridgehead atoms. The topological polar surface area (TPSA) is 111 Å². The Balaban J connectivity index is 2.97. The lowest BCUT2D eigenvalue weighted by atomic mass is 9.92. The molecule has 0 aromatic rings. The van der Waals surface area contributed by atoms with E-state index >= 15 is 0 Å². The number of nitrogens with two attached hydrogens (primary N) is 1. The van der Waals surface area contributed by atoms with Crippen LogP contribution in [0.3, 0.4) is 0 Å². The van der Waals surface area contributed by atoms with Crippen LogP contribution in [-0.4, -0.2) is 60.9 Å². The van der Waals surface area contributed by atoms with Gasteiger partial charge in [0.05, 0.1) is 18.8 Å². The number of cyclic esters (lactones) is 1. The van der Waals surface area contributed by atoms with Gasteiger partial charge in [0, 0.05) is 18.5 Å². The van der Waals surface area contributed by atoms with Gasteiger partial charge in [0.15, 0.2) is 0 Å². The lowest BCUT2D eigenvalue weighted by Crippen LogP contribution is -2.39. The molecule has 0 aromatic carbocycles. The Morgan fingerprint density at radius 1 is 1.39 bits per heavy atom. The first kappa shape index (κ1) is 24.8. The number of nitrogens with one attached hydrogen (secondary N) is 1. The second-order valence-electron chi connectivity index (χ2n) is 7.97. The molecule has 0 fully saturated rings. The minimum Gasteiger partial charge on any atom is -0.462 e. The Bertz CT molecular complexity index is 535. The molecule has 0 saturated carbocycles. The highest BCUT2D eigenvalue weighted by Crippen LogP contribution is 2.21. The molecule has 0 radical (unpaired) electrons.